The molecule has 0 amide bonds. The lowest BCUT2D eigenvalue weighted by atomic mass is 9.85. The van der Waals surface area contributed by atoms with Crippen molar-refractivity contribution >= 4 is 169 Å². The monoisotopic (exact) mass is 1490 g/mol. The summed E-state index contributed by atoms with van der Waals surface area (Å²) in [5.41, 5.74) is 6.48. The van der Waals surface area contributed by atoms with Crippen LogP contribution in [0.2, 0.25) is 0 Å². The molecule has 4 aromatic heterocycles. The Hall–Kier alpha value is -5.10. The topological polar surface area (TPSA) is 0 Å². The zero-order chi connectivity index (χ0) is 73.1. The number of hydrogen-bond donors (Lipinski definition) is 0. The Morgan fingerprint density at radius 1 is 0.208 bits per heavy atom. The Morgan fingerprint density at radius 3 is 0.689 bits per heavy atom. The predicted octanol–water partition coefficient (Wildman–Crippen LogP) is 36.2. The van der Waals surface area contributed by atoms with Gasteiger partial charge in [0.1, 0.15) is 0 Å². The van der Waals surface area contributed by atoms with Crippen molar-refractivity contribution in [3.05, 3.63) is 131 Å². The van der Waals surface area contributed by atoms with E-state index in [1.807, 2.05) is 0 Å². The molecule has 4 unspecified atom stereocenters. The molecule has 0 aliphatic carbocycles. The van der Waals surface area contributed by atoms with Gasteiger partial charge in [0.05, 0.1) is 18.8 Å². The van der Waals surface area contributed by atoms with Crippen LogP contribution in [-0.4, -0.2) is 0 Å². The van der Waals surface area contributed by atoms with Gasteiger partial charge in [0.15, 0.2) is 0 Å². The van der Waals surface area contributed by atoms with E-state index in [9.17, 15) is 0 Å². The second-order valence-corrected chi connectivity index (χ2v) is 37.9. The SMILES string of the molecule is CCCCCCCCCCC(CCCCCCCC)Cc1cc2cc3c(cc(CC(CCCCCCCC)CCCCCCCCCC)c4c3sc3c4sc4c5cc6ccccc6cc5cc(CC(CC)CCCC)c43)cc2c2sc3c(sc4c5cc6ccccc6cc5cc(CC(CC)CCCC)c43)c12. The van der Waals surface area contributed by atoms with Gasteiger partial charge in [-0.15, -0.1) is 45.3 Å². The van der Waals surface area contributed by atoms with Crippen molar-refractivity contribution in [2.45, 2.75) is 338 Å². The van der Waals surface area contributed by atoms with Crippen LogP contribution in [0, 0.1) is 23.7 Å². The molecular formula is C102H134S4. The number of thiophene rings is 4. The summed E-state index contributed by atoms with van der Waals surface area (Å²) in [4.78, 5) is 0. The number of unbranched alkanes of at least 4 members (excludes halogenated alkanes) is 26. The first kappa shape index (κ1) is 79.0. The van der Waals surface area contributed by atoms with Crippen molar-refractivity contribution in [2.24, 2.45) is 23.7 Å². The fraction of sp³-hybridized carbons (Fsp3) is 0.549. The molecule has 13 aromatic rings. The third-order valence-corrected chi connectivity index (χ3v) is 30.9. The van der Waals surface area contributed by atoms with E-state index in [-0.39, 0.29) is 0 Å². The lowest BCUT2D eigenvalue weighted by Gasteiger charge is -2.20. The van der Waals surface area contributed by atoms with Crippen LogP contribution in [0.5, 0.6) is 0 Å². The summed E-state index contributed by atoms with van der Waals surface area (Å²) in [6.45, 7) is 19.2. The zero-order valence-electron chi connectivity index (χ0n) is 67.4. The van der Waals surface area contributed by atoms with Gasteiger partial charge >= 0.3 is 0 Å². The lowest BCUT2D eigenvalue weighted by Crippen LogP contribution is -2.06. The lowest BCUT2D eigenvalue weighted by molar-refractivity contribution is 0.401. The van der Waals surface area contributed by atoms with Crippen molar-refractivity contribution in [3.8, 4) is 0 Å². The van der Waals surface area contributed by atoms with E-state index in [0.717, 1.165) is 12.8 Å². The second-order valence-electron chi connectivity index (χ2n) is 33.8. The van der Waals surface area contributed by atoms with Gasteiger partial charge in [-0.25, -0.2) is 0 Å². The first-order chi connectivity index (χ1) is 52.3. The minimum absolute atomic E-state index is 0.680. The summed E-state index contributed by atoms with van der Waals surface area (Å²) >= 11 is 8.78. The highest BCUT2D eigenvalue weighted by molar-refractivity contribution is 7.38. The molecule has 13 rings (SSSR count). The number of fused-ring (bicyclic) bond motifs is 20. The third kappa shape index (κ3) is 18.7. The molecule has 0 N–H and O–H groups in total. The molecule has 0 saturated carbocycles. The average Bonchev–Trinajstić information content (AvgIpc) is 1.54. The molecule has 0 aliphatic heterocycles. The van der Waals surface area contributed by atoms with Crippen LogP contribution in [0.4, 0.5) is 0 Å². The largest absolute Gasteiger partial charge is 0.133 e. The van der Waals surface area contributed by atoms with Crippen LogP contribution in [0.25, 0.3) is 124 Å². The van der Waals surface area contributed by atoms with Gasteiger partial charge < -0.3 is 0 Å². The summed E-state index contributed by atoms with van der Waals surface area (Å²) in [6.07, 6.45) is 59.0. The predicted molar refractivity (Wildman–Crippen MR) is 487 cm³/mol. The Kier molecular flexibility index (Phi) is 29.6. The molecule has 4 atom stereocenters. The highest BCUT2D eigenvalue weighted by Gasteiger charge is 2.28. The van der Waals surface area contributed by atoms with Crippen LogP contribution in [0.1, 0.15) is 334 Å². The maximum absolute atomic E-state index is 2.82. The molecule has 0 bridgehead atoms. The van der Waals surface area contributed by atoms with Crippen molar-refractivity contribution < 1.29 is 0 Å². The molecule has 0 nitrogen and oxygen atoms in total. The molecule has 0 spiro atoms. The maximum Gasteiger partial charge on any atom is 0.0545 e. The quantitative estimate of drug-likeness (QED) is 0.0263. The molecule has 0 aliphatic rings. The first-order valence-electron chi connectivity index (χ1n) is 44.5. The fourth-order valence-corrected chi connectivity index (χ4v) is 25.5. The van der Waals surface area contributed by atoms with E-state index >= 15 is 0 Å². The van der Waals surface area contributed by atoms with Crippen molar-refractivity contribution in [2.75, 3.05) is 0 Å². The van der Waals surface area contributed by atoms with Gasteiger partial charge in [0.2, 0.25) is 0 Å². The molecule has 9 aromatic carbocycles. The van der Waals surface area contributed by atoms with Crippen molar-refractivity contribution in [1.82, 2.24) is 0 Å². The van der Waals surface area contributed by atoms with E-state index in [1.165, 1.54) is 344 Å². The Morgan fingerprint density at radius 2 is 0.425 bits per heavy atom. The van der Waals surface area contributed by atoms with E-state index in [2.05, 4.69) is 210 Å². The Labute approximate surface area is 657 Å². The number of rotatable bonds is 48. The summed E-state index contributed by atoms with van der Waals surface area (Å²) in [5, 5.41) is 23.6. The second kappa shape index (κ2) is 39.7. The van der Waals surface area contributed by atoms with Gasteiger partial charge in [0, 0.05) is 61.9 Å². The van der Waals surface area contributed by atoms with Crippen molar-refractivity contribution in [1.29, 1.82) is 0 Å². The van der Waals surface area contributed by atoms with Crippen LogP contribution in [0.3, 0.4) is 0 Å². The summed E-state index contributed by atoms with van der Waals surface area (Å²) in [6, 6.07) is 45.1. The van der Waals surface area contributed by atoms with Crippen molar-refractivity contribution in [3.63, 3.8) is 0 Å². The van der Waals surface area contributed by atoms with Crippen LogP contribution in [-0.2, 0) is 25.7 Å². The van der Waals surface area contributed by atoms with Gasteiger partial charge in [-0.1, -0.05) is 385 Å². The minimum atomic E-state index is 0.680. The van der Waals surface area contributed by atoms with Gasteiger partial charge in [-0.3, -0.25) is 0 Å². The first-order valence-corrected chi connectivity index (χ1v) is 47.8. The minimum Gasteiger partial charge on any atom is -0.133 e. The molecule has 566 valence electrons. The maximum atomic E-state index is 2.82. The number of benzene rings is 9. The Bertz CT molecular complexity index is 4650. The smallest absolute Gasteiger partial charge is 0.0545 e. The molecule has 106 heavy (non-hydrogen) atoms. The molecule has 0 fully saturated rings. The molecule has 0 radical (unpaired) electrons. The fourth-order valence-electron chi connectivity index (χ4n) is 19.3. The highest BCUT2D eigenvalue weighted by Crippen LogP contribution is 2.55. The van der Waals surface area contributed by atoms with Gasteiger partial charge in [0.25, 0.3) is 0 Å². The average molecular weight is 1490 g/mol. The van der Waals surface area contributed by atoms with E-state index in [1.54, 1.807) is 72.0 Å². The third-order valence-electron chi connectivity index (χ3n) is 25.7. The van der Waals surface area contributed by atoms with Crippen LogP contribution >= 0.6 is 45.3 Å². The van der Waals surface area contributed by atoms with Crippen LogP contribution in [0.15, 0.2) is 109 Å². The summed E-state index contributed by atoms with van der Waals surface area (Å²) < 4.78 is 12.5. The Balaban J connectivity index is 1.04. The summed E-state index contributed by atoms with van der Waals surface area (Å²) in [7, 11) is 0. The molecule has 4 heteroatoms. The normalized spacial score (nSPS) is 13.7. The van der Waals surface area contributed by atoms with E-state index in [0.29, 0.717) is 23.7 Å². The van der Waals surface area contributed by atoms with Gasteiger partial charge in [-0.2, -0.15) is 0 Å². The van der Waals surface area contributed by atoms with E-state index in [4.69, 9.17) is 0 Å². The molecule has 4 heterocycles. The van der Waals surface area contributed by atoms with Crippen LogP contribution < -0.4 is 0 Å². The standard InChI is InChI=1S/C102H134S4/c1-9-17-23-27-31-33-37-41-51-73(49-39-35-29-25-19-11-3)59-85-65-81-69-90-82(70-89(81)97-93(85)101-99(105-97)91-83(57-71(15-7)47-21-13-5)63-79-61-75-53-43-45-55-77(75)67-87(79)95(91)103-101)66-86(60-74(50-40-36-30-26-20-12-4)52-42-38-34-32-28-24-18-10-2)94-98(90)106-100-92-84(58-72(16-8)48-22-14-6)64-80-62-76-54-44-46-56-78(76)68-88(80)96(92)104-102(94)100/h43-46,53-56,61-74H,9-42,47-52,57-60H2,1-8H3. The summed E-state index contributed by atoms with van der Waals surface area (Å²) in [5.74, 6) is 2.73. The zero-order valence-corrected chi connectivity index (χ0v) is 70.7. The molecular weight excluding hydrogens is 1350 g/mol. The molecule has 0 saturated heterocycles. The highest BCUT2D eigenvalue weighted by atomic mass is 32.1. The number of hydrogen-bond acceptors (Lipinski definition) is 4. The van der Waals surface area contributed by atoms with E-state index < -0.39 is 0 Å². The van der Waals surface area contributed by atoms with Gasteiger partial charge in [-0.05, 0) is 151 Å².